The molecule has 0 atom stereocenters. The van der Waals surface area contributed by atoms with Gasteiger partial charge in [0.1, 0.15) is 5.82 Å². The number of anilines is 1. The molecule has 1 aliphatic heterocycles. The molecule has 0 aromatic heterocycles. The SMILES string of the molecule is COc1cc2c(cc1OC)CN(C(=O)CNc1cccc(F)c1)CC2. The first kappa shape index (κ1) is 17.1. The molecule has 1 amide bonds. The van der Waals surface area contributed by atoms with E-state index in [1.54, 1.807) is 31.3 Å². The van der Waals surface area contributed by atoms with E-state index in [0.717, 1.165) is 12.0 Å². The number of methoxy groups -OCH3 is 2. The molecule has 2 aromatic rings. The van der Waals surface area contributed by atoms with Gasteiger partial charge < -0.3 is 19.7 Å². The third kappa shape index (κ3) is 3.84. The minimum absolute atomic E-state index is 0.0234. The van der Waals surface area contributed by atoms with Crippen LogP contribution in [-0.2, 0) is 17.8 Å². The number of carbonyl (C=O) groups excluding carboxylic acids is 1. The summed E-state index contributed by atoms with van der Waals surface area (Å²) in [5, 5.41) is 2.97. The lowest BCUT2D eigenvalue weighted by molar-refractivity contribution is -0.130. The summed E-state index contributed by atoms with van der Waals surface area (Å²) < 4.78 is 23.9. The fourth-order valence-electron chi connectivity index (χ4n) is 2.98. The summed E-state index contributed by atoms with van der Waals surface area (Å²) in [6.07, 6.45) is 0.765. The van der Waals surface area contributed by atoms with Crippen LogP contribution in [0.5, 0.6) is 11.5 Å². The predicted molar refractivity (Wildman–Crippen MR) is 93.6 cm³/mol. The summed E-state index contributed by atoms with van der Waals surface area (Å²) in [4.78, 5) is 14.2. The number of ether oxygens (including phenoxy) is 2. The van der Waals surface area contributed by atoms with E-state index in [4.69, 9.17) is 9.47 Å². The van der Waals surface area contributed by atoms with Gasteiger partial charge in [0.15, 0.2) is 11.5 Å². The Bertz CT molecular complexity index is 779. The fourth-order valence-corrected chi connectivity index (χ4v) is 2.98. The molecule has 1 N–H and O–H groups in total. The summed E-state index contributed by atoms with van der Waals surface area (Å²) in [6.45, 7) is 1.30. The van der Waals surface area contributed by atoms with E-state index in [0.29, 0.717) is 30.3 Å². The van der Waals surface area contributed by atoms with Crippen molar-refractivity contribution in [2.24, 2.45) is 0 Å². The van der Waals surface area contributed by atoms with E-state index in [1.807, 2.05) is 12.1 Å². The average molecular weight is 344 g/mol. The zero-order valence-corrected chi connectivity index (χ0v) is 14.3. The van der Waals surface area contributed by atoms with Gasteiger partial charge in [-0.2, -0.15) is 0 Å². The molecule has 0 radical (unpaired) electrons. The number of nitrogens with zero attached hydrogens (tertiary/aromatic N) is 1. The topological polar surface area (TPSA) is 50.8 Å². The van der Waals surface area contributed by atoms with Crippen LogP contribution in [0.2, 0.25) is 0 Å². The molecule has 0 spiro atoms. The number of halogens is 1. The number of hydrogen-bond acceptors (Lipinski definition) is 4. The van der Waals surface area contributed by atoms with E-state index < -0.39 is 0 Å². The normalized spacial score (nSPS) is 13.2. The number of hydrogen-bond donors (Lipinski definition) is 1. The highest BCUT2D eigenvalue weighted by atomic mass is 19.1. The third-order valence-electron chi connectivity index (χ3n) is 4.34. The van der Waals surface area contributed by atoms with E-state index in [9.17, 15) is 9.18 Å². The zero-order chi connectivity index (χ0) is 17.8. The van der Waals surface area contributed by atoms with Gasteiger partial charge in [0.25, 0.3) is 0 Å². The molecule has 0 fully saturated rings. The fraction of sp³-hybridized carbons (Fsp3) is 0.316. The molecule has 25 heavy (non-hydrogen) atoms. The Morgan fingerprint density at radius 1 is 1.16 bits per heavy atom. The van der Waals surface area contributed by atoms with Crippen molar-refractivity contribution < 1.29 is 18.7 Å². The van der Waals surface area contributed by atoms with Gasteiger partial charge in [0, 0.05) is 18.8 Å². The van der Waals surface area contributed by atoms with E-state index >= 15 is 0 Å². The molecule has 132 valence electrons. The van der Waals surface area contributed by atoms with Gasteiger partial charge in [-0.05, 0) is 47.9 Å². The predicted octanol–water partition coefficient (Wildman–Crippen LogP) is 2.84. The van der Waals surface area contributed by atoms with E-state index in [1.165, 1.54) is 17.7 Å². The van der Waals surface area contributed by atoms with Crippen LogP contribution < -0.4 is 14.8 Å². The van der Waals surface area contributed by atoms with Gasteiger partial charge in [-0.15, -0.1) is 0 Å². The maximum Gasteiger partial charge on any atom is 0.242 e. The van der Waals surface area contributed by atoms with Crippen LogP contribution in [0.15, 0.2) is 36.4 Å². The zero-order valence-electron chi connectivity index (χ0n) is 14.3. The molecular weight excluding hydrogens is 323 g/mol. The van der Waals surface area contributed by atoms with Gasteiger partial charge >= 0.3 is 0 Å². The molecule has 0 saturated carbocycles. The highest BCUT2D eigenvalue weighted by Crippen LogP contribution is 2.33. The van der Waals surface area contributed by atoms with Crippen LogP contribution in [0.25, 0.3) is 0 Å². The minimum Gasteiger partial charge on any atom is -0.493 e. The number of nitrogens with one attached hydrogen (secondary N) is 1. The second-order valence-electron chi connectivity index (χ2n) is 5.91. The summed E-state index contributed by atoms with van der Waals surface area (Å²) in [5.74, 6) is 1.01. The lowest BCUT2D eigenvalue weighted by Crippen LogP contribution is -2.39. The van der Waals surface area contributed by atoms with Crippen molar-refractivity contribution in [2.45, 2.75) is 13.0 Å². The van der Waals surface area contributed by atoms with Gasteiger partial charge in [0.05, 0.1) is 20.8 Å². The van der Waals surface area contributed by atoms with Crippen molar-refractivity contribution in [1.29, 1.82) is 0 Å². The second-order valence-corrected chi connectivity index (χ2v) is 5.91. The molecular formula is C19H21FN2O3. The highest BCUT2D eigenvalue weighted by molar-refractivity contribution is 5.81. The van der Waals surface area contributed by atoms with Gasteiger partial charge in [0.2, 0.25) is 5.91 Å². The lowest BCUT2D eigenvalue weighted by Gasteiger charge is -2.30. The Balaban J connectivity index is 1.66. The Hall–Kier alpha value is -2.76. The third-order valence-corrected chi connectivity index (χ3v) is 4.34. The van der Waals surface area contributed by atoms with Crippen molar-refractivity contribution in [3.05, 3.63) is 53.3 Å². The lowest BCUT2D eigenvalue weighted by atomic mass is 9.98. The Morgan fingerprint density at radius 3 is 2.56 bits per heavy atom. The van der Waals surface area contributed by atoms with E-state index in [-0.39, 0.29) is 18.3 Å². The van der Waals surface area contributed by atoms with Gasteiger partial charge in [-0.25, -0.2) is 4.39 Å². The van der Waals surface area contributed by atoms with Crippen molar-refractivity contribution in [3.63, 3.8) is 0 Å². The second kappa shape index (κ2) is 7.42. The summed E-state index contributed by atoms with van der Waals surface area (Å²) in [6, 6.07) is 9.98. The molecule has 3 rings (SSSR count). The van der Waals surface area contributed by atoms with Crippen LogP contribution in [0.3, 0.4) is 0 Å². The smallest absolute Gasteiger partial charge is 0.242 e. The monoisotopic (exact) mass is 344 g/mol. The summed E-state index contributed by atoms with van der Waals surface area (Å²) >= 11 is 0. The van der Waals surface area contributed by atoms with Gasteiger partial charge in [-0.1, -0.05) is 6.07 Å². The number of rotatable bonds is 5. The molecule has 0 saturated heterocycles. The van der Waals surface area contributed by atoms with Crippen LogP contribution in [0, 0.1) is 5.82 Å². The van der Waals surface area contributed by atoms with Crippen LogP contribution in [0.1, 0.15) is 11.1 Å². The number of carbonyl (C=O) groups is 1. The molecule has 0 unspecified atom stereocenters. The van der Waals surface area contributed by atoms with Crippen molar-refractivity contribution in [2.75, 3.05) is 32.6 Å². The maximum atomic E-state index is 13.2. The first-order valence-electron chi connectivity index (χ1n) is 8.11. The van der Waals surface area contributed by atoms with Crippen molar-refractivity contribution >= 4 is 11.6 Å². The first-order valence-corrected chi connectivity index (χ1v) is 8.11. The largest absolute Gasteiger partial charge is 0.493 e. The van der Waals surface area contributed by atoms with Crippen LogP contribution >= 0.6 is 0 Å². The molecule has 0 bridgehead atoms. The Labute approximate surface area is 146 Å². The maximum absolute atomic E-state index is 13.2. The molecule has 1 aliphatic rings. The molecule has 0 aliphatic carbocycles. The molecule has 1 heterocycles. The number of benzene rings is 2. The summed E-state index contributed by atoms with van der Waals surface area (Å²) in [7, 11) is 3.21. The van der Waals surface area contributed by atoms with Gasteiger partial charge in [-0.3, -0.25) is 4.79 Å². The number of fused-ring (bicyclic) bond motifs is 1. The Kier molecular flexibility index (Phi) is 5.07. The molecule has 5 nitrogen and oxygen atoms in total. The van der Waals surface area contributed by atoms with Crippen molar-refractivity contribution in [3.8, 4) is 11.5 Å². The Morgan fingerprint density at radius 2 is 1.88 bits per heavy atom. The number of amides is 1. The highest BCUT2D eigenvalue weighted by Gasteiger charge is 2.22. The van der Waals surface area contributed by atoms with Crippen LogP contribution in [0.4, 0.5) is 10.1 Å². The average Bonchev–Trinajstić information content (AvgIpc) is 2.64. The molecule has 2 aromatic carbocycles. The van der Waals surface area contributed by atoms with E-state index in [2.05, 4.69) is 5.32 Å². The standard InChI is InChI=1S/C19H21FN2O3/c1-24-17-8-13-6-7-22(12-14(13)9-18(17)25-2)19(23)11-21-16-5-3-4-15(20)10-16/h3-5,8-10,21H,6-7,11-12H2,1-2H3. The quantitative estimate of drug-likeness (QED) is 0.906. The first-order chi connectivity index (χ1) is 12.1. The van der Waals surface area contributed by atoms with Crippen molar-refractivity contribution in [1.82, 2.24) is 4.90 Å². The van der Waals surface area contributed by atoms with Crippen LogP contribution in [-0.4, -0.2) is 38.1 Å². The molecule has 6 heteroatoms. The minimum atomic E-state index is -0.328. The summed E-state index contributed by atoms with van der Waals surface area (Å²) in [5.41, 5.74) is 2.82.